The Morgan fingerprint density at radius 1 is 1.17 bits per heavy atom. The van der Waals surface area contributed by atoms with Gasteiger partial charge in [-0.05, 0) is 29.8 Å². The minimum absolute atomic E-state index is 0.0580. The molecule has 0 radical (unpaired) electrons. The summed E-state index contributed by atoms with van der Waals surface area (Å²) in [6, 6.07) is 5.97. The molecule has 0 bridgehead atoms. The third-order valence-corrected chi connectivity index (χ3v) is 5.01. The molecule has 0 aliphatic carbocycles. The van der Waals surface area contributed by atoms with Crippen molar-refractivity contribution >= 4 is 21.9 Å². The highest BCUT2D eigenvalue weighted by Crippen LogP contribution is 2.30. The summed E-state index contributed by atoms with van der Waals surface area (Å²) in [5, 5.41) is 10.0. The van der Waals surface area contributed by atoms with Crippen molar-refractivity contribution in [2.24, 2.45) is 0 Å². The van der Waals surface area contributed by atoms with Gasteiger partial charge in [-0.15, -0.1) is 0 Å². The number of hydrogen-bond donors (Lipinski definition) is 2. The van der Waals surface area contributed by atoms with Gasteiger partial charge in [0.1, 0.15) is 6.61 Å². The first-order valence-electron chi connectivity index (χ1n) is 8.36. The molecule has 2 N–H and O–H groups in total. The van der Waals surface area contributed by atoms with Crippen molar-refractivity contribution in [3.05, 3.63) is 65.0 Å². The maximum absolute atomic E-state index is 12.6. The Bertz CT molecular complexity index is 1010. The number of alkyl halides is 3. The van der Waals surface area contributed by atoms with E-state index in [1.54, 1.807) is 4.72 Å². The first kappa shape index (κ1) is 23.3. The van der Waals surface area contributed by atoms with Crippen LogP contribution in [-0.2, 0) is 32.3 Å². The predicted molar refractivity (Wildman–Crippen MR) is 97.4 cm³/mol. The Kier molecular flexibility index (Phi) is 7.16. The largest absolute Gasteiger partial charge is 0.459 e. The average molecular weight is 446 g/mol. The van der Waals surface area contributed by atoms with Crippen molar-refractivity contribution in [3.63, 3.8) is 0 Å². The Morgan fingerprint density at radius 2 is 1.80 bits per heavy atom. The zero-order valence-corrected chi connectivity index (χ0v) is 16.3. The molecule has 1 atom stereocenters. The van der Waals surface area contributed by atoms with Crippen molar-refractivity contribution in [1.29, 1.82) is 0 Å². The van der Waals surface area contributed by atoms with E-state index in [4.69, 9.17) is 4.74 Å². The van der Waals surface area contributed by atoms with E-state index in [1.165, 1.54) is 19.1 Å². The van der Waals surface area contributed by atoms with Gasteiger partial charge in [-0.1, -0.05) is 12.1 Å². The number of rotatable bonds is 7. The third-order valence-electron chi connectivity index (χ3n) is 3.76. The van der Waals surface area contributed by atoms with Gasteiger partial charge in [0.15, 0.2) is 0 Å². The van der Waals surface area contributed by atoms with Crippen molar-refractivity contribution in [1.82, 2.24) is 9.71 Å². The van der Waals surface area contributed by atoms with Gasteiger partial charge in [-0.25, -0.2) is 13.1 Å². The van der Waals surface area contributed by atoms with Gasteiger partial charge in [0, 0.05) is 13.1 Å². The van der Waals surface area contributed by atoms with Crippen LogP contribution in [0.4, 0.5) is 13.2 Å². The number of carbonyl (C=O) groups excluding carboxylic acids is 2. The van der Waals surface area contributed by atoms with Crippen LogP contribution >= 0.6 is 0 Å². The quantitative estimate of drug-likeness (QED) is 0.624. The molecule has 1 amide bonds. The van der Waals surface area contributed by atoms with Gasteiger partial charge < -0.3 is 9.84 Å². The van der Waals surface area contributed by atoms with Crippen LogP contribution in [-0.4, -0.2) is 36.1 Å². The first-order valence-corrected chi connectivity index (χ1v) is 10.0. The zero-order valence-electron chi connectivity index (χ0n) is 15.5. The molecule has 0 aliphatic heterocycles. The van der Waals surface area contributed by atoms with Crippen LogP contribution in [0.1, 0.15) is 40.2 Å². The van der Waals surface area contributed by atoms with Crippen molar-refractivity contribution in [2.45, 2.75) is 25.8 Å². The summed E-state index contributed by atoms with van der Waals surface area (Å²) in [7, 11) is -4.32. The number of nitrogens with zero attached hydrogens (tertiary/aromatic N) is 1. The standard InChI is InChI=1S/C18H17F3N2O6S/c1-11(24)29-9-15-7-4-13(8-22-15)17(26)23-30(27,28)10-16(25)12-2-5-14(6-3-12)18(19,20)21/h2-8,16,25H,9-10H2,1H3,(H,23,26). The monoisotopic (exact) mass is 446 g/mol. The number of benzene rings is 1. The van der Waals surface area contributed by atoms with Crippen LogP contribution < -0.4 is 4.72 Å². The molecule has 2 rings (SSSR count). The fourth-order valence-electron chi connectivity index (χ4n) is 2.26. The highest BCUT2D eigenvalue weighted by atomic mass is 32.2. The van der Waals surface area contributed by atoms with Crippen LogP contribution in [0.15, 0.2) is 42.6 Å². The number of aromatic nitrogens is 1. The lowest BCUT2D eigenvalue weighted by molar-refractivity contribution is -0.142. The molecular weight excluding hydrogens is 429 g/mol. The van der Waals surface area contributed by atoms with Gasteiger partial charge >= 0.3 is 12.1 Å². The highest BCUT2D eigenvalue weighted by Gasteiger charge is 2.30. The number of esters is 1. The van der Waals surface area contributed by atoms with E-state index >= 15 is 0 Å². The molecule has 0 spiro atoms. The second-order valence-corrected chi connectivity index (χ2v) is 7.93. The number of hydrogen-bond acceptors (Lipinski definition) is 7. The fourth-order valence-corrected chi connectivity index (χ4v) is 3.35. The molecule has 1 aromatic heterocycles. The number of sulfonamides is 1. The topological polar surface area (TPSA) is 123 Å². The van der Waals surface area contributed by atoms with Crippen LogP contribution in [0, 0.1) is 0 Å². The predicted octanol–water partition coefficient (Wildman–Crippen LogP) is 1.96. The third kappa shape index (κ3) is 6.81. The summed E-state index contributed by atoms with van der Waals surface area (Å²) in [5.41, 5.74) is -0.770. The number of carbonyl (C=O) groups is 2. The molecule has 30 heavy (non-hydrogen) atoms. The molecule has 2 aromatic rings. The smallest absolute Gasteiger partial charge is 0.416 e. The molecule has 1 aromatic carbocycles. The first-order chi connectivity index (χ1) is 13.9. The van der Waals surface area contributed by atoms with Crippen molar-refractivity contribution in [2.75, 3.05) is 5.75 Å². The lowest BCUT2D eigenvalue weighted by Gasteiger charge is -2.14. The Hall–Kier alpha value is -2.99. The summed E-state index contributed by atoms with van der Waals surface area (Å²) < 4.78 is 68.4. The number of ether oxygens (including phenoxy) is 1. The minimum atomic E-state index is -4.56. The van der Waals surface area contributed by atoms with Crippen molar-refractivity contribution < 1.29 is 41.0 Å². The van der Waals surface area contributed by atoms with Gasteiger partial charge in [0.25, 0.3) is 5.91 Å². The fraction of sp³-hybridized carbons (Fsp3) is 0.278. The van der Waals surface area contributed by atoms with Crippen molar-refractivity contribution in [3.8, 4) is 0 Å². The Morgan fingerprint density at radius 3 is 2.30 bits per heavy atom. The molecule has 0 fully saturated rings. The summed E-state index contributed by atoms with van der Waals surface area (Å²) in [4.78, 5) is 26.7. The SMILES string of the molecule is CC(=O)OCc1ccc(C(=O)NS(=O)(=O)CC(O)c2ccc(C(F)(F)F)cc2)cn1. The van der Waals surface area contributed by atoms with E-state index in [1.807, 2.05) is 0 Å². The van der Waals surface area contributed by atoms with E-state index in [-0.39, 0.29) is 17.7 Å². The van der Waals surface area contributed by atoms with Crippen LogP contribution in [0.5, 0.6) is 0 Å². The number of nitrogens with one attached hydrogen (secondary N) is 1. The average Bonchev–Trinajstić information content (AvgIpc) is 2.65. The normalized spacial score (nSPS) is 12.8. The van der Waals surface area contributed by atoms with Gasteiger partial charge in [-0.2, -0.15) is 13.2 Å². The molecule has 0 saturated carbocycles. The van der Waals surface area contributed by atoms with Gasteiger partial charge in [-0.3, -0.25) is 14.6 Å². The Balaban J connectivity index is 2.00. The number of halogens is 3. The summed E-state index contributed by atoms with van der Waals surface area (Å²) in [6.45, 7) is 1.10. The molecule has 162 valence electrons. The lowest BCUT2D eigenvalue weighted by Crippen LogP contribution is -2.34. The maximum atomic E-state index is 12.6. The minimum Gasteiger partial charge on any atom is -0.459 e. The molecule has 1 heterocycles. The highest BCUT2D eigenvalue weighted by molar-refractivity contribution is 7.90. The van der Waals surface area contributed by atoms with E-state index in [9.17, 15) is 36.3 Å². The molecule has 0 aliphatic rings. The zero-order chi connectivity index (χ0) is 22.5. The summed E-state index contributed by atoms with van der Waals surface area (Å²) in [5.74, 6) is -2.47. The number of aliphatic hydroxyl groups excluding tert-OH is 1. The molecular formula is C18H17F3N2O6S. The van der Waals surface area contributed by atoms with E-state index in [2.05, 4.69) is 4.98 Å². The van der Waals surface area contributed by atoms with Crippen LogP contribution in [0.25, 0.3) is 0 Å². The molecule has 12 heteroatoms. The number of aliphatic hydroxyl groups is 1. The second-order valence-electron chi connectivity index (χ2n) is 6.17. The Labute approximate surface area is 169 Å². The van der Waals surface area contributed by atoms with Gasteiger partial charge in [0.05, 0.1) is 28.7 Å². The summed E-state index contributed by atoms with van der Waals surface area (Å²) >= 11 is 0. The molecule has 0 saturated heterocycles. The molecule has 1 unspecified atom stereocenters. The second kappa shape index (κ2) is 9.22. The van der Waals surface area contributed by atoms with E-state index in [0.717, 1.165) is 18.3 Å². The summed E-state index contributed by atoms with van der Waals surface area (Å²) in [6.07, 6.45) is -5.14. The maximum Gasteiger partial charge on any atom is 0.416 e. The molecule has 8 nitrogen and oxygen atoms in total. The lowest BCUT2D eigenvalue weighted by atomic mass is 10.1. The van der Waals surface area contributed by atoms with Gasteiger partial charge in [0.2, 0.25) is 10.0 Å². The number of pyridine rings is 1. The van der Waals surface area contributed by atoms with E-state index in [0.29, 0.717) is 17.8 Å². The van der Waals surface area contributed by atoms with Crippen LogP contribution in [0.2, 0.25) is 0 Å². The van der Waals surface area contributed by atoms with E-state index < -0.39 is 45.5 Å². The number of amides is 1. The van der Waals surface area contributed by atoms with Crippen LogP contribution in [0.3, 0.4) is 0 Å².